The molecule has 2 heterocycles. The Morgan fingerprint density at radius 3 is 1.19 bits per heavy atom. The van der Waals surface area contributed by atoms with Gasteiger partial charge in [-0.2, -0.15) is 10.5 Å². The summed E-state index contributed by atoms with van der Waals surface area (Å²) in [7, 11) is -10.7. The molecule has 6 nitrogen and oxygen atoms in total. The Kier molecular flexibility index (Phi) is 13.5. The standard InChI is InChI=1S/2C14H15N3.Ag.F6P/c2*1-2-10-16-12-17(11-6-5-9-15)14-8-4-3-7-13(14)16;;1-7(2,3,4,5)6/h2*2-4,7-8H,1,5-6,10-11H2;;/q;;+1;-1. The fourth-order valence-electron chi connectivity index (χ4n) is 3.86. The molecule has 0 unspecified atom stereocenters. The van der Waals surface area contributed by atoms with E-state index < -0.39 is 7.81 Å². The Labute approximate surface area is 258 Å². The van der Waals surface area contributed by atoms with Crippen LogP contribution in [0, 0.1) is 36.0 Å². The Bertz CT molecular complexity index is 1170. The van der Waals surface area contributed by atoms with E-state index in [0.717, 1.165) is 61.8 Å². The third-order valence-corrected chi connectivity index (χ3v) is 5.37. The van der Waals surface area contributed by atoms with Crippen LogP contribution >= 0.6 is 7.81 Å². The van der Waals surface area contributed by atoms with E-state index in [-0.39, 0.29) is 22.4 Å². The van der Waals surface area contributed by atoms with E-state index in [1.165, 1.54) is 0 Å². The SMILES string of the molecule is C=CCN1[C]N(CCCC#N)c2ccccc21.C=CCN1[C]N(CCCC#N)c2ccccc21.F[P-](F)(F)(F)(F)F.[Ag+]. The molecular weight excluding hydrogens is 673 g/mol. The van der Waals surface area contributed by atoms with Crippen LogP contribution in [-0.2, 0) is 22.4 Å². The first kappa shape index (κ1) is 36.9. The van der Waals surface area contributed by atoms with E-state index >= 15 is 0 Å². The molecule has 0 spiro atoms. The van der Waals surface area contributed by atoms with Crippen molar-refractivity contribution in [3.63, 3.8) is 0 Å². The molecule has 0 N–H and O–H groups in total. The number of fused-ring (bicyclic) bond motifs is 2. The minimum absolute atomic E-state index is 0. The number of halogens is 6. The molecule has 0 saturated carbocycles. The van der Waals surface area contributed by atoms with Gasteiger partial charge >= 0.3 is 55.4 Å². The van der Waals surface area contributed by atoms with Crippen LogP contribution in [0.1, 0.15) is 25.7 Å². The van der Waals surface area contributed by atoms with Crippen molar-refractivity contribution in [2.45, 2.75) is 25.7 Å². The molecule has 2 aromatic rings. The molecule has 0 aliphatic carbocycles. The number of para-hydroxylation sites is 4. The summed E-state index contributed by atoms with van der Waals surface area (Å²) < 4.78 is 59.2. The second-order valence-electron chi connectivity index (χ2n) is 8.76. The van der Waals surface area contributed by atoms with Crippen LogP contribution in [0.5, 0.6) is 0 Å². The first-order valence-electron chi connectivity index (χ1n) is 12.5. The van der Waals surface area contributed by atoms with Gasteiger partial charge in [0, 0.05) is 39.0 Å². The van der Waals surface area contributed by atoms with Crippen LogP contribution in [0.2, 0.25) is 0 Å². The fourth-order valence-corrected chi connectivity index (χ4v) is 3.86. The molecule has 0 atom stereocenters. The van der Waals surface area contributed by atoms with Gasteiger partial charge in [-0.15, -0.1) is 13.2 Å². The second-order valence-corrected chi connectivity index (χ2v) is 10.7. The molecule has 0 saturated heterocycles. The monoisotopic (exact) mass is 702 g/mol. The van der Waals surface area contributed by atoms with Crippen LogP contribution in [0.15, 0.2) is 73.8 Å². The molecule has 0 bridgehead atoms. The fraction of sp³-hybridized carbons (Fsp3) is 0.286. The predicted molar refractivity (Wildman–Crippen MR) is 152 cm³/mol. The van der Waals surface area contributed by atoms with Gasteiger partial charge in [-0.05, 0) is 37.1 Å². The van der Waals surface area contributed by atoms with Gasteiger partial charge in [0.15, 0.2) is 0 Å². The molecule has 0 fully saturated rings. The quantitative estimate of drug-likeness (QED) is 0.0810. The van der Waals surface area contributed by atoms with Gasteiger partial charge in [0.25, 0.3) is 0 Å². The predicted octanol–water partition coefficient (Wildman–Crippen LogP) is 8.98. The summed E-state index contributed by atoms with van der Waals surface area (Å²) in [6.07, 6.45) is 6.62. The third kappa shape index (κ3) is 13.7. The maximum atomic E-state index is 9.87. The van der Waals surface area contributed by atoms with Crippen molar-refractivity contribution < 1.29 is 47.6 Å². The molecule has 0 aromatic heterocycles. The normalized spacial score (nSPS) is 14.7. The molecule has 0 amide bonds. The summed E-state index contributed by atoms with van der Waals surface area (Å²) in [5.74, 6) is 0. The van der Waals surface area contributed by atoms with Crippen molar-refractivity contribution in [3.8, 4) is 12.1 Å². The first-order chi connectivity index (χ1) is 19.2. The van der Waals surface area contributed by atoms with Crippen LogP contribution in [0.3, 0.4) is 0 Å². The average molecular weight is 703 g/mol. The number of hydrogen-bond donors (Lipinski definition) is 0. The van der Waals surface area contributed by atoms with Crippen molar-refractivity contribution in [2.75, 3.05) is 45.8 Å². The Morgan fingerprint density at radius 1 is 0.643 bits per heavy atom. The van der Waals surface area contributed by atoms with Gasteiger partial charge in [-0.25, -0.2) is 0 Å². The summed E-state index contributed by atoms with van der Waals surface area (Å²) in [6, 6.07) is 20.7. The summed E-state index contributed by atoms with van der Waals surface area (Å²) in [4.78, 5) is 8.26. The van der Waals surface area contributed by atoms with Gasteiger partial charge in [0.1, 0.15) is 0 Å². The number of unbranched alkanes of at least 4 members (excludes halogenated alkanes) is 2. The number of nitriles is 2. The topological polar surface area (TPSA) is 60.5 Å². The maximum Gasteiger partial charge on any atom is 1.00 e. The van der Waals surface area contributed by atoms with Crippen LogP contribution in [-0.4, -0.2) is 26.2 Å². The number of anilines is 4. The molecule has 2 aromatic carbocycles. The molecule has 42 heavy (non-hydrogen) atoms. The zero-order valence-corrected chi connectivity index (χ0v) is 24.9. The molecule has 2 aliphatic heterocycles. The summed E-state index contributed by atoms with van der Waals surface area (Å²) in [6.45, 7) is 17.3. The van der Waals surface area contributed by atoms with Crippen LogP contribution < -0.4 is 19.6 Å². The third-order valence-electron chi connectivity index (χ3n) is 5.37. The number of hydrogen-bond acceptors (Lipinski definition) is 6. The zero-order chi connectivity index (χ0) is 30.6. The summed E-state index contributed by atoms with van der Waals surface area (Å²) in [5, 5.41) is 17.1. The van der Waals surface area contributed by atoms with Crippen molar-refractivity contribution in [1.29, 1.82) is 10.5 Å². The number of nitrogens with zero attached hydrogens (tertiary/aromatic N) is 6. The van der Waals surface area contributed by atoms with E-state index in [1.54, 1.807) is 0 Å². The summed E-state index contributed by atoms with van der Waals surface area (Å²) in [5.41, 5.74) is 4.63. The van der Waals surface area contributed by atoms with Crippen molar-refractivity contribution >= 4 is 30.6 Å². The van der Waals surface area contributed by atoms with E-state index in [0.29, 0.717) is 12.8 Å². The minimum atomic E-state index is -10.7. The van der Waals surface area contributed by atoms with Gasteiger partial charge in [-0.3, -0.25) is 0 Å². The van der Waals surface area contributed by atoms with Crippen LogP contribution in [0.25, 0.3) is 0 Å². The second kappa shape index (κ2) is 15.4. The Hall–Kier alpha value is -3.15. The maximum absolute atomic E-state index is 10.7. The smallest absolute Gasteiger partial charge is 1.00 e. The molecule has 230 valence electrons. The summed E-state index contributed by atoms with van der Waals surface area (Å²) >= 11 is 0. The zero-order valence-electron chi connectivity index (χ0n) is 22.5. The number of rotatable bonds is 10. The van der Waals surface area contributed by atoms with E-state index in [4.69, 9.17) is 10.5 Å². The van der Waals surface area contributed by atoms with Crippen molar-refractivity contribution in [3.05, 3.63) is 87.2 Å². The minimum Gasteiger partial charge on any atom is 1.00 e. The van der Waals surface area contributed by atoms with E-state index in [9.17, 15) is 25.2 Å². The van der Waals surface area contributed by atoms with Gasteiger partial charge in [0.05, 0.1) is 34.9 Å². The first-order valence-corrected chi connectivity index (χ1v) is 14.5. The Balaban J connectivity index is 0.000000338. The van der Waals surface area contributed by atoms with Crippen molar-refractivity contribution in [2.24, 2.45) is 0 Å². The largest absolute Gasteiger partial charge is 1.00 e. The van der Waals surface area contributed by atoms with Gasteiger partial charge < -0.3 is 19.6 Å². The molecule has 4 rings (SSSR count). The Morgan fingerprint density at radius 2 is 0.929 bits per heavy atom. The molecule has 14 heteroatoms. The molecule has 2 aliphatic rings. The van der Waals surface area contributed by atoms with Crippen LogP contribution in [0.4, 0.5) is 47.9 Å². The van der Waals surface area contributed by atoms with E-state index in [1.807, 2.05) is 36.4 Å². The van der Waals surface area contributed by atoms with Crippen molar-refractivity contribution in [1.82, 2.24) is 0 Å². The van der Waals surface area contributed by atoms with E-state index in [2.05, 4.69) is 82.5 Å². The molecular formula is C28H30AgF6N6P. The van der Waals surface area contributed by atoms with Gasteiger partial charge in [0.2, 0.25) is 13.3 Å². The average Bonchev–Trinajstić information content (AvgIpc) is 3.42. The number of benzene rings is 2. The molecule has 4 radical (unpaired) electrons. The van der Waals surface area contributed by atoms with Gasteiger partial charge in [-0.1, -0.05) is 36.4 Å².